The molecule has 3 rings (SSSR count). The van der Waals surface area contributed by atoms with E-state index in [-0.39, 0.29) is 10.7 Å². The molecule has 2 heterocycles. The van der Waals surface area contributed by atoms with Crippen molar-refractivity contribution in [2.45, 2.75) is 35.5 Å². The fraction of sp³-hybridized carbons (Fsp3) is 0.278. The number of amides is 1. The normalized spacial score (nSPS) is 10.8. The van der Waals surface area contributed by atoms with E-state index in [2.05, 4.69) is 57.5 Å². The molecule has 0 saturated carbocycles. The lowest BCUT2D eigenvalue weighted by Crippen LogP contribution is -2.15. The van der Waals surface area contributed by atoms with E-state index in [9.17, 15) is 4.79 Å². The van der Waals surface area contributed by atoms with E-state index in [1.807, 2.05) is 6.07 Å². The highest BCUT2D eigenvalue weighted by Crippen LogP contribution is 2.29. The van der Waals surface area contributed by atoms with Crippen molar-refractivity contribution in [3.05, 3.63) is 52.3 Å². The Morgan fingerprint density at radius 2 is 2.14 bits per heavy atom. The van der Waals surface area contributed by atoms with Gasteiger partial charge in [0.05, 0.1) is 11.2 Å². The Hall–Kier alpha value is -1.68. The Bertz CT molecular complexity index is 966. The number of carbonyl (C=O) groups is 1. The van der Waals surface area contributed by atoms with E-state index in [0.717, 1.165) is 22.3 Å². The summed E-state index contributed by atoms with van der Waals surface area (Å²) in [6, 6.07) is 8.32. The third-order valence-corrected chi connectivity index (χ3v) is 6.83. The fourth-order valence-electron chi connectivity index (χ4n) is 2.20. The Morgan fingerprint density at radius 1 is 1.29 bits per heavy atom. The molecule has 2 aromatic heterocycles. The molecule has 0 fully saturated rings. The zero-order chi connectivity index (χ0) is 19.9. The predicted molar refractivity (Wildman–Crippen MR) is 117 cm³/mol. The smallest absolute Gasteiger partial charge is 0.277 e. The van der Waals surface area contributed by atoms with Crippen LogP contribution in [0.15, 0.2) is 40.0 Å². The minimum absolute atomic E-state index is 0.138. The van der Waals surface area contributed by atoms with E-state index in [4.69, 9.17) is 11.6 Å². The van der Waals surface area contributed by atoms with Gasteiger partial charge in [0.25, 0.3) is 5.91 Å². The zero-order valence-electron chi connectivity index (χ0n) is 15.3. The highest BCUT2D eigenvalue weighted by Gasteiger charge is 2.17. The Labute approximate surface area is 180 Å². The van der Waals surface area contributed by atoms with Crippen LogP contribution in [0.2, 0.25) is 5.02 Å². The SMILES string of the molecule is CCCSc1ncc(Cl)c(C(=O)Nc2nnc(SCc3cccc(C)c3)s2)n1. The predicted octanol–water partition coefficient (Wildman–Crippen LogP) is 5.34. The topological polar surface area (TPSA) is 80.7 Å². The minimum Gasteiger partial charge on any atom is -0.295 e. The number of hydrogen-bond donors (Lipinski definition) is 1. The third-order valence-electron chi connectivity index (χ3n) is 3.44. The van der Waals surface area contributed by atoms with Crippen LogP contribution in [-0.2, 0) is 5.75 Å². The number of nitrogens with zero attached hydrogens (tertiary/aromatic N) is 4. The summed E-state index contributed by atoms with van der Waals surface area (Å²) in [5.41, 5.74) is 2.58. The Morgan fingerprint density at radius 3 is 2.93 bits per heavy atom. The number of thioether (sulfide) groups is 2. The molecule has 0 unspecified atom stereocenters. The number of anilines is 1. The fourth-order valence-corrected chi connectivity index (χ4v) is 4.73. The van der Waals surface area contributed by atoms with Crippen LogP contribution in [0.5, 0.6) is 0 Å². The maximum absolute atomic E-state index is 12.5. The van der Waals surface area contributed by atoms with Crippen LogP contribution in [0.4, 0.5) is 5.13 Å². The number of nitrogens with one attached hydrogen (secondary N) is 1. The van der Waals surface area contributed by atoms with Gasteiger partial charge in [0.2, 0.25) is 5.13 Å². The quantitative estimate of drug-likeness (QED) is 0.281. The lowest BCUT2D eigenvalue weighted by atomic mass is 10.2. The number of rotatable bonds is 8. The van der Waals surface area contributed by atoms with Crippen LogP contribution < -0.4 is 5.32 Å². The van der Waals surface area contributed by atoms with Gasteiger partial charge in [0.15, 0.2) is 15.2 Å². The molecule has 0 aliphatic rings. The summed E-state index contributed by atoms with van der Waals surface area (Å²) < 4.78 is 0.782. The highest BCUT2D eigenvalue weighted by molar-refractivity contribution is 8.00. The Kier molecular flexibility index (Phi) is 7.66. The van der Waals surface area contributed by atoms with Crippen LogP contribution in [0.25, 0.3) is 0 Å². The molecule has 28 heavy (non-hydrogen) atoms. The molecule has 6 nitrogen and oxygen atoms in total. The maximum atomic E-state index is 12.5. The first-order valence-electron chi connectivity index (χ1n) is 8.53. The van der Waals surface area contributed by atoms with E-state index in [1.165, 1.54) is 40.4 Å². The van der Waals surface area contributed by atoms with Crippen molar-refractivity contribution in [2.75, 3.05) is 11.1 Å². The summed E-state index contributed by atoms with van der Waals surface area (Å²) in [5, 5.41) is 12.0. The summed E-state index contributed by atoms with van der Waals surface area (Å²) in [5.74, 6) is 1.25. The number of benzene rings is 1. The number of hydrogen-bond acceptors (Lipinski definition) is 8. The van der Waals surface area contributed by atoms with Crippen molar-refractivity contribution in [3.8, 4) is 0 Å². The molecular formula is C18H18ClN5OS3. The summed E-state index contributed by atoms with van der Waals surface area (Å²) >= 11 is 10.5. The van der Waals surface area contributed by atoms with Gasteiger partial charge in [-0.2, -0.15) is 0 Å². The second-order valence-corrected chi connectivity index (χ2v) is 9.47. The van der Waals surface area contributed by atoms with E-state index >= 15 is 0 Å². The van der Waals surface area contributed by atoms with Crippen LogP contribution in [0, 0.1) is 6.92 Å². The second-order valence-electron chi connectivity index (χ2n) is 5.80. The molecule has 10 heteroatoms. The Balaban J connectivity index is 1.62. The molecule has 1 aromatic carbocycles. The first kappa shape index (κ1) is 21.0. The highest BCUT2D eigenvalue weighted by atomic mass is 35.5. The average Bonchev–Trinajstić information content (AvgIpc) is 3.13. The van der Waals surface area contributed by atoms with Crippen molar-refractivity contribution < 1.29 is 4.79 Å². The molecule has 0 radical (unpaired) electrons. The van der Waals surface area contributed by atoms with Gasteiger partial charge in [-0.1, -0.05) is 83.2 Å². The van der Waals surface area contributed by atoms with Crippen molar-refractivity contribution >= 4 is 57.5 Å². The van der Waals surface area contributed by atoms with E-state index in [1.54, 1.807) is 11.8 Å². The zero-order valence-corrected chi connectivity index (χ0v) is 18.5. The first-order valence-corrected chi connectivity index (χ1v) is 11.7. The lowest BCUT2D eigenvalue weighted by Gasteiger charge is -2.04. The number of halogens is 1. The molecule has 0 aliphatic carbocycles. The molecule has 0 bridgehead atoms. The van der Waals surface area contributed by atoms with Gasteiger partial charge in [-0.15, -0.1) is 10.2 Å². The van der Waals surface area contributed by atoms with Gasteiger partial charge in [-0.05, 0) is 18.9 Å². The third kappa shape index (κ3) is 5.91. The van der Waals surface area contributed by atoms with Crippen LogP contribution in [-0.4, -0.2) is 31.8 Å². The van der Waals surface area contributed by atoms with E-state index < -0.39 is 5.91 Å². The van der Waals surface area contributed by atoms with Crippen LogP contribution >= 0.6 is 46.5 Å². The summed E-state index contributed by atoms with van der Waals surface area (Å²) in [6.07, 6.45) is 2.44. The van der Waals surface area contributed by atoms with Gasteiger partial charge in [0.1, 0.15) is 0 Å². The van der Waals surface area contributed by atoms with Crippen LogP contribution in [0.1, 0.15) is 35.0 Å². The van der Waals surface area contributed by atoms with Gasteiger partial charge < -0.3 is 0 Å². The molecule has 0 aliphatic heterocycles. The summed E-state index contributed by atoms with van der Waals surface area (Å²) in [7, 11) is 0. The maximum Gasteiger partial charge on any atom is 0.277 e. The summed E-state index contributed by atoms with van der Waals surface area (Å²) in [4.78, 5) is 20.9. The van der Waals surface area contributed by atoms with Gasteiger partial charge >= 0.3 is 0 Å². The molecule has 1 amide bonds. The average molecular weight is 452 g/mol. The van der Waals surface area contributed by atoms with Crippen molar-refractivity contribution in [3.63, 3.8) is 0 Å². The van der Waals surface area contributed by atoms with E-state index in [0.29, 0.717) is 10.3 Å². The molecule has 146 valence electrons. The molecule has 1 N–H and O–H groups in total. The largest absolute Gasteiger partial charge is 0.295 e. The lowest BCUT2D eigenvalue weighted by molar-refractivity contribution is 0.102. The van der Waals surface area contributed by atoms with Crippen molar-refractivity contribution in [1.82, 2.24) is 20.2 Å². The molecule has 3 aromatic rings. The van der Waals surface area contributed by atoms with Gasteiger partial charge in [-0.3, -0.25) is 10.1 Å². The van der Waals surface area contributed by atoms with Gasteiger partial charge in [0, 0.05) is 11.5 Å². The minimum atomic E-state index is -0.419. The number of aryl methyl sites for hydroxylation is 1. The number of carbonyl (C=O) groups excluding carboxylic acids is 1. The van der Waals surface area contributed by atoms with Crippen LogP contribution in [0.3, 0.4) is 0 Å². The molecule has 0 spiro atoms. The standard InChI is InChI=1S/C18H18ClN5OS3/c1-3-7-26-16-20-9-13(19)14(21-16)15(25)22-17-23-24-18(28-17)27-10-12-6-4-5-11(2)8-12/h4-6,8-9H,3,7,10H2,1-2H3,(H,22,23,25). The molecule has 0 saturated heterocycles. The van der Waals surface area contributed by atoms with Gasteiger partial charge in [-0.25, -0.2) is 9.97 Å². The number of aromatic nitrogens is 4. The first-order chi connectivity index (χ1) is 13.5. The second kappa shape index (κ2) is 10.2. The molecular weight excluding hydrogens is 434 g/mol. The van der Waals surface area contributed by atoms with Crippen molar-refractivity contribution in [2.24, 2.45) is 0 Å². The van der Waals surface area contributed by atoms with Crippen molar-refractivity contribution in [1.29, 1.82) is 0 Å². The summed E-state index contributed by atoms with van der Waals surface area (Å²) in [6.45, 7) is 4.14. The molecule has 0 atom stereocenters. The monoisotopic (exact) mass is 451 g/mol.